The SMILES string of the molecule is CCc1ccc(CC(O)[C@H](O)C(=O)C(=O)[C@H](O)C(O)Cc2ccc(CC)cc2CC)c(CC)c1. The van der Waals surface area contributed by atoms with Gasteiger partial charge in [0.2, 0.25) is 11.6 Å². The Morgan fingerprint density at radius 2 is 0.941 bits per heavy atom. The summed E-state index contributed by atoms with van der Waals surface area (Å²) in [5.41, 5.74) is 5.87. The molecule has 0 amide bonds. The van der Waals surface area contributed by atoms with Crippen LogP contribution in [0.3, 0.4) is 0 Å². The molecule has 2 aromatic rings. The predicted octanol–water partition coefficient (Wildman–Crippen LogP) is 2.30. The van der Waals surface area contributed by atoms with E-state index < -0.39 is 36.0 Å². The van der Waals surface area contributed by atoms with Crippen molar-refractivity contribution in [2.45, 2.75) is 90.6 Å². The number of aliphatic hydroxyl groups excluding tert-OH is 4. The summed E-state index contributed by atoms with van der Waals surface area (Å²) in [6, 6.07) is 11.6. The normalized spacial score (nSPS) is 14.9. The molecule has 34 heavy (non-hydrogen) atoms. The van der Waals surface area contributed by atoms with E-state index in [9.17, 15) is 30.0 Å². The summed E-state index contributed by atoms with van der Waals surface area (Å²) >= 11 is 0. The van der Waals surface area contributed by atoms with Crippen LogP contribution in [0.25, 0.3) is 0 Å². The summed E-state index contributed by atoms with van der Waals surface area (Å²) in [4.78, 5) is 25.0. The number of hydrogen-bond donors (Lipinski definition) is 4. The van der Waals surface area contributed by atoms with Crippen molar-refractivity contribution >= 4 is 11.6 Å². The lowest BCUT2D eigenvalue weighted by Gasteiger charge is -2.22. The number of ketones is 2. The van der Waals surface area contributed by atoms with E-state index in [1.807, 2.05) is 64.1 Å². The molecule has 2 aromatic carbocycles. The Morgan fingerprint density at radius 3 is 1.24 bits per heavy atom. The minimum Gasteiger partial charge on any atom is -0.390 e. The van der Waals surface area contributed by atoms with Crippen LogP contribution >= 0.6 is 0 Å². The second-order valence-electron chi connectivity index (χ2n) is 8.78. The van der Waals surface area contributed by atoms with Gasteiger partial charge in [-0.3, -0.25) is 9.59 Å². The number of carbonyl (C=O) groups is 2. The van der Waals surface area contributed by atoms with Gasteiger partial charge in [0.15, 0.2) is 0 Å². The van der Waals surface area contributed by atoms with E-state index in [0.29, 0.717) is 0 Å². The smallest absolute Gasteiger partial charge is 0.232 e. The average molecular weight is 471 g/mol. The number of rotatable bonds is 13. The first-order chi connectivity index (χ1) is 16.2. The lowest BCUT2D eigenvalue weighted by Crippen LogP contribution is -2.47. The monoisotopic (exact) mass is 470 g/mol. The summed E-state index contributed by atoms with van der Waals surface area (Å²) in [6.07, 6.45) is -3.81. The highest BCUT2D eigenvalue weighted by Gasteiger charge is 2.36. The molecule has 0 aliphatic heterocycles. The average Bonchev–Trinajstić information content (AvgIpc) is 2.86. The highest BCUT2D eigenvalue weighted by molar-refractivity contribution is 6.40. The van der Waals surface area contributed by atoms with Crippen molar-refractivity contribution in [1.82, 2.24) is 0 Å². The highest BCUT2D eigenvalue weighted by Crippen LogP contribution is 2.19. The van der Waals surface area contributed by atoms with Crippen molar-refractivity contribution in [1.29, 1.82) is 0 Å². The lowest BCUT2D eigenvalue weighted by molar-refractivity contribution is -0.152. The van der Waals surface area contributed by atoms with Crippen molar-refractivity contribution in [3.05, 3.63) is 69.8 Å². The van der Waals surface area contributed by atoms with Gasteiger partial charge < -0.3 is 20.4 Å². The van der Waals surface area contributed by atoms with Gasteiger partial charge in [0, 0.05) is 12.8 Å². The zero-order valence-electron chi connectivity index (χ0n) is 20.6. The van der Waals surface area contributed by atoms with E-state index in [4.69, 9.17) is 0 Å². The molecule has 6 nitrogen and oxygen atoms in total. The Kier molecular flexibility index (Phi) is 10.6. The van der Waals surface area contributed by atoms with Gasteiger partial charge in [-0.2, -0.15) is 0 Å². The predicted molar refractivity (Wildman–Crippen MR) is 132 cm³/mol. The number of Topliss-reactive ketones (excluding diaryl/α,β-unsaturated/α-hetero) is 2. The van der Waals surface area contributed by atoms with Crippen LogP contribution in [0.5, 0.6) is 0 Å². The molecular weight excluding hydrogens is 432 g/mol. The quantitative estimate of drug-likeness (QED) is 0.334. The highest BCUT2D eigenvalue weighted by atomic mass is 16.3. The fourth-order valence-electron chi connectivity index (χ4n) is 4.17. The molecule has 0 aromatic heterocycles. The molecule has 4 N–H and O–H groups in total. The maximum absolute atomic E-state index is 12.5. The fraction of sp³-hybridized carbons (Fsp3) is 0.500. The van der Waals surface area contributed by atoms with Crippen molar-refractivity contribution < 1.29 is 30.0 Å². The van der Waals surface area contributed by atoms with Gasteiger partial charge in [0.05, 0.1) is 12.2 Å². The molecule has 6 heteroatoms. The fourth-order valence-corrected chi connectivity index (χ4v) is 4.17. The molecule has 186 valence electrons. The van der Waals surface area contributed by atoms with Crippen LogP contribution < -0.4 is 0 Å². The number of carbonyl (C=O) groups excluding carboxylic acids is 2. The number of aryl methyl sites for hydroxylation is 4. The zero-order valence-corrected chi connectivity index (χ0v) is 20.6. The maximum Gasteiger partial charge on any atom is 0.232 e. The van der Waals surface area contributed by atoms with Crippen molar-refractivity contribution in [3.8, 4) is 0 Å². The van der Waals surface area contributed by atoms with E-state index in [1.54, 1.807) is 0 Å². The van der Waals surface area contributed by atoms with Crippen LogP contribution in [-0.4, -0.2) is 56.4 Å². The molecule has 0 aliphatic carbocycles. The molecule has 0 fully saturated rings. The van der Waals surface area contributed by atoms with Gasteiger partial charge in [-0.15, -0.1) is 0 Å². The first kappa shape index (κ1) is 27.9. The lowest BCUT2D eigenvalue weighted by atomic mass is 9.90. The van der Waals surface area contributed by atoms with Gasteiger partial charge in [0.1, 0.15) is 12.2 Å². The Balaban J connectivity index is 2.06. The molecule has 0 aliphatic rings. The van der Waals surface area contributed by atoms with Crippen molar-refractivity contribution in [2.75, 3.05) is 0 Å². The molecule has 2 rings (SSSR count). The first-order valence-electron chi connectivity index (χ1n) is 12.2. The molecule has 0 radical (unpaired) electrons. The van der Waals surface area contributed by atoms with Gasteiger partial charge in [-0.05, 0) is 59.1 Å². The van der Waals surface area contributed by atoms with E-state index >= 15 is 0 Å². The second kappa shape index (κ2) is 12.9. The van der Waals surface area contributed by atoms with E-state index in [0.717, 1.165) is 59.1 Å². The van der Waals surface area contributed by atoms with Crippen LogP contribution in [0, 0.1) is 0 Å². The van der Waals surface area contributed by atoms with Crippen LogP contribution in [0.15, 0.2) is 36.4 Å². The number of benzene rings is 2. The zero-order chi connectivity index (χ0) is 25.4. The second-order valence-corrected chi connectivity index (χ2v) is 8.78. The van der Waals surface area contributed by atoms with Crippen molar-refractivity contribution in [2.24, 2.45) is 0 Å². The molecule has 0 spiro atoms. The molecule has 0 saturated heterocycles. The minimum absolute atomic E-state index is 0.00433. The van der Waals surface area contributed by atoms with E-state index in [2.05, 4.69) is 0 Å². The van der Waals surface area contributed by atoms with Gasteiger partial charge in [-0.1, -0.05) is 64.1 Å². The summed E-state index contributed by atoms with van der Waals surface area (Å²) in [5.74, 6) is -2.61. The topological polar surface area (TPSA) is 115 Å². The summed E-state index contributed by atoms with van der Waals surface area (Å²) in [5, 5.41) is 41.5. The maximum atomic E-state index is 12.5. The third-order valence-corrected chi connectivity index (χ3v) is 6.49. The Labute approximate surface area is 202 Å². The summed E-state index contributed by atoms with van der Waals surface area (Å²) in [6.45, 7) is 8.04. The number of hydrogen-bond acceptors (Lipinski definition) is 6. The van der Waals surface area contributed by atoms with Crippen LogP contribution in [0.4, 0.5) is 0 Å². The summed E-state index contributed by atoms with van der Waals surface area (Å²) in [7, 11) is 0. The molecule has 4 atom stereocenters. The standard InChI is InChI=1S/C28H38O6/c1-5-17-9-11-21(19(7-3)13-17)15-23(29)25(31)27(33)28(34)26(32)24(30)16-22-12-10-18(6-2)14-20(22)8-4/h9-14,23-26,29-32H,5-8,15-16H2,1-4H3/t23?,24?,25-,26+. The Morgan fingerprint density at radius 1 is 0.588 bits per heavy atom. The first-order valence-corrected chi connectivity index (χ1v) is 12.2. The van der Waals surface area contributed by atoms with E-state index in [1.165, 1.54) is 0 Å². The third kappa shape index (κ3) is 6.83. The molecule has 0 heterocycles. The molecule has 0 saturated carbocycles. The van der Waals surface area contributed by atoms with Crippen molar-refractivity contribution in [3.63, 3.8) is 0 Å². The summed E-state index contributed by atoms with van der Waals surface area (Å²) < 4.78 is 0. The molecule has 2 unspecified atom stereocenters. The molecule has 0 bridgehead atoms. The van der Waals surface area contributed by atoms with Gasteiger partial charge >= 0.3 is 0 Å². The van der Waals surface area contributed by atoms with Gasteiger partial charge in [0.25, 0.3) is 0 Å². The van der Waals surface area contributed by atoms with Crippen LogP contribution in [0.2, 0.25) is 0 Å². The molecular formula is C28H38O6. The Bertz CT molecular complexity index is 903. The van der Waals surface area contributed by atoms with Gasteiger partial charge in [-0.25, -0.2) is 0 Å². The largest absolute Gasteiger partial charge is 0.390 e. The van der Waals surface area contributed by atoms with E-state index in [-0.39, 0.29) is 12.8 Å². The van der Waals surface area contributed by atoms with Crippen LogP contribution in [0.1, 0.15) is 61.1 Å². The Hall–Kier alpha value is -2.38. The third-order valence-electron chi connectivity index (χ3n) is 6.49. The minimum atomic E-state index is -1.99. The van der Waals surface area contributed by atoms with Crippen LogP contribution in [-0.2, 0) is 48.1 Å². The number of aliphatic hydroxyl groups is 4.